The van der Waals surface area contributed by atoms with Gasteiger partial charge in [0, 0.05) is 45.1 Å². The second kappa shape index (κ2) is 50.7. The van der Waals surface area contributed by atoms with Crippen LogP contribution in [0.2, 0.25) is 0 Å². The zero-order valence-electron chi connectivity index (χ0n) is 52.4. The van der Waals surface area contributed by atoms with Gasteiger partial charge in [-0.05, 0) is 133 Å². The summed E-state index contributed by atoms with van der Waals surface area (Å²) >= 11 is 4.96. The number of carbonyl (C=O) groups excluding carboxylic acids is 5. The van der Waals surface area contributed by atoms with E-state index >= 15 is 0 Å². The van der Waals surface area contributed by atoms with Crippen molar-refractivity contribution < 1.29 is 106 Å². The molecular formula is C66H80Cl2O22. The summed E-state index contributed by atoms with van der Waals surface area (Å²) in [5.41, 5.74) is 4.97. The quantitative estimate of drug-likeness (QED) is 0.00980. The van der Waals surface area contributed by atoms with E-state index in [0.717, 1.165) is 41.2 Å². The molecule has 0 saturated heterocycles. The van der Waals surface area contributed by atoms with E-state index in [1.54, 1.807) is 134 Å². The highest BCUT2D eigenvalue weighted by Crippen LogP contribution is 2.31. The standard InChI is InChI=1S/C23H26O7.C19H18O5.C10H12O4.C8H8O3.C3H6O.C2H5ClO.CH4O.ClH/c1-25-15-29-20-11-7-17(13-22(20)27-3)5-9-19(24)10-6-18-8-12-21(30-16-26-2)23(14-18)28-4;1-23-18-11-13(5-9-16(18)21)3-7-15(20)8-4-14-6-10-17(22)19(12-14)24-2;1-12-10-5-8(6-11)3-4-9(10)7-14-13-2;1-11-8-4-6(5-9)2-3-7(8)10;1-3(2)4;1-4-2-3;1-2;/h5-14H,15-16H2,1-4H3;3-12,21-22H,1-2H3;3-6H,7H2,1-2H3;2-5,10H,1H3;1-2H3;2H2,1H3;2H,1H3;1H/b9-5+,10-6+;7-3+,8-4+;;;;;;. The first-order valence-corrected chi connectivity index (χ1v) is 26.6. The number of phenolic OH excluding ortho intramolecular Hbond substituents is 3. The number of ketones is 3. The number of halogens is 2. The van der Waals surface area contributed by atoms with Crippen LogP contribution in [0.25, 0.3) is 24.3 Å². The van der Waals surface area contributed by atoms with Crippen LogP contribution in [0.3, 0.4) is 0 Å². The van der Waals surface area contributed by atoms with Gasteiger partial charge in [0.1, 0.15) is 36.8 Å². The number of hydrogen-bond acceptors (Lipinski definition) is 22. The smallest absolute Gasteiger partial charge is 0.188 e. The molecule has 0 bridgehead atoms. The molecule has 0 atom stereocenters. The Morgan fingerprint density at radius 2 is 0.689 bits per heavy atom. The topological polar surface area (TPSA) is 286 Å². The number of aliphatic hydroxyl groups excluding tert-OH is 1. The number of rotatable bonds is 26. The van der Waals surface area contributed by atoms with Crippen molar-refractivity contribution in [2.75, 3.05) is 97.9 Å². The lowest BCUT2D eigenvalue weighted by Crippen LogP contribution is -2.00. The molecule has 6 aromatic carbocycles. The first-order chi connectivity index (χ1) is 42.9. The molecule has 0 radical (unpaired) electrons. The Kier molecular flexibility index (Phi) is 46.7. The first-order valence-electron chi connectivity index (χ1n) is 26.1. The van der Waals surface area contributed by atoms with Crippen molar-refractivity contribution in [3.05, 3.63) is 172 Å². The number of aromatic hydroxyl groups is 3. The van der Waals surface area contributed by atoms with Crippen LogP contribution in [-0.2, 0) is 45.0 Å². The van der Waals surface area contributed by atoms with E-state index in [4.69, 9.17) is 74.1 Å². The van der Waals surface area contributed by atoms with Gasteiger partial charge in [-0.15, -0.1) is 12.4 Å². The zero-order chi connectivity index (χ0) is 66.9. The van der Waals surface area contributed by atoms with E-state index in [9.17, 15) is 34.2 Å². The number of ether oxygens (including phenoxy) is 11. The number of hydrogen-bond donors (Lipinski definition) is 4. The predicted octanol–water partition coefficient (Wildman–Crippen LogP) is 11.6. The Morgan fingerprint density at radius 1 is 0.411 bits per heavy atom. The number of carbonyl (C=O) groups is 5. The molecule has 24 heteroatoms. The van der Waals surface area contributed by atoms with Crippen LogP contribution in [-0.4, -0.2) is 148 Å². The summed E-state index contributed by atoms with van der Waals surface area (Å²) in [6.07, 6.45) is 13.9. The van der Waals surface area contributed by atoms with E-state index in [2.05, 4.69) is 9.62 Å². The van der Waals surface area contributed by atoms with Crippen LogP contribution in [0, 0.1) is 0 Å². The maximum atomic E-state index is 12.2. The maximum absolute atomic E-state index is 12.2. The van der Waals surface area contributed by atoms with Gasteiger partial charge in [-0.2, -0.15) is 0 Å². The van der Waals surface area contributed by atoms with Gasteiger partial charge >= 0.3 is 0 Å². The Morgan fingerprint density at radius 3 is 0.978 bits per heavy atom. The van der Waals surface area contributed by atoms with Crippen LogP contribution in [0.15, 0.2) is 133 Å². The summed E-state index contributed by atoms with van der Waals surface area (Å²) in [7, 11) is 16.1. The highest BCUT2D eigenvalue weighted by molar-refractivity contribution is 6.17. The van der Waals surface area contributed by atoms with Crippen molar-refractivity contribution in [2.45, 2.75) is 20.5 Å². The monoisotopic (exact) mass is 1290 g/mol. The molecular weight excluding hydrogens is 1220 g/mol. The highest BCUT2D eigenvalue weighted by Gasteiger charge is 2.09. The van der Waals surface area contributed by atoms with Gasteiger partial charge in [0.2, 0.25) is 0 Å². The molecule has 0 spiro atoms. The fraction of sp³-hybridized carbons (Fsp3) is 0.258. The third kappa shape index (κ3) is 34.3. The first kappa shape index (κ1) is 82.8. The van der Waals surface area contributed by atoms with Gasteiger partial charge in [0.15, 0.2) is 82.6 Å². The molecule has 0 aliphatic carbocycles. The number of aliphatic hydroxyl groups is 1. The van der Waals surface area contributed by atoms with E-state index in [1.165, 1.54) is 96.9 Å². The minimum atomic E-state index is -0.200. The minimum absolute atomic E-state index is 0. The molecule has 6 rings (SSSR count). The van der Waals surface area contributed by atoms with Gasteiger partial charge in [0.05, 0.1) is 49.8 Å². The van der Waals surface area contributed by atoms with Gasteiger partial charge in [0.25, 0.3) is 0 Å². The number of Topliss-reactive ketones (excluding diaryl/α,β-unsaturated/α-hetero) is 1. The third-order valence-electron chi connectivity index (χ3n) is 10.4. The van der Waals surface area contributed by atoms with Crippen LogP contribution < -0.4 is 37.9 Å². The van der Waals surface area contributed by atoms with Gasteiger partial charge < -0.3 is 77.3 Å². The SMILES string of the molecule is CC(C)=O.CO.COCCl.COCOc1ccc(/C=C/C(=O)/C=C/c2ccc(OCOC)c(OC)c2)cc1OC.COOCc1ccc(C=O)cc1OC.COc1cc(/C=C/C(=O)/C=C/c2ccc(O)c(OC)c2)ccc1O.COc1cc(C=O)ccc1O.Cl. The number of methoxy groups -OCH3 is 9. The van der Waals surface area contributed by atoms with Gasteiger partial charge in [-0.1, -0.05) is 72.3 Å². The molecule has 0 heterocycles. The van der Waals surface area contributed by atoms with Crippen molar-refractivity contribution in [2.24, 2.45) is 0 Å². The summed E-state index contributed by atoms with van der Waals surface area (Å²) in [5.74, 6) is 3.79. The van der Waals surface area contributed by atoms with Crippen molar-refractivity contribution in [3.63, 3.8) is 0 Å². The molecule has 6 aromatic rings. The lowest BCUT2D eigenvalue weighted by Gasteiger charge is -2.10. The van der Waals surface area contributed by atoms with Gasteiger partial charge in [-0.25, -0.2) is 9.78 Å². The molecule has 0 unspecified atom stereocenters. The fourth-order valence-electron chi connectivity index (χ4n) is 6.32. The Hall–Kier alpha value is -9.23. The van der Waals surface area contributed by atoms with Crippen molar-refractivity contribution in [3.8, 4) is 63.2 Å². The lowest BCUT2D eigenvalue weighted by molar-refractivity contribution is -0.282. The Bertz CT molecular complexity index is 3030. The number of allylic oxidation sites excluding steroid dienone is 4. The summed E-state index contributed by atoms with van der Waals surface area (Å²) in [5, 5.41) is 35.1. The fourth-order valence-corrected chi connectivity index (χ4v) is 6.32. The molecule has 490 valence electrons. The van der Waals surface area contributed by atoms with Crippen LogP contribution in [0.4, 0.5) is 0 Å². The highest BCUT2D eigenvalue weighted by atomic mass is 35.5. The number of benzene rings is 6. The van der Waals surface area contributed by atoms with Crippen LogP contribution in [0.1, 0.15) is 62.4 Å². The molecule has 90 heavy (non-hydrogen) atoms. The maximum Gasteiger partial charge on any atom is 0.188 e. The van der Waals surface area contributed by atoms with E-state index < -0.39 is 0 Å². The molecule has 0 fully saturated rings. The molecule has 22 nitrogen and oxygen atoms in total. The zero-order valence-corrected chi connectivity index (χ0v) is 54.0. The van der Waals surface area contributed by atoms with Gasteiger partial charge in [-0.3, -0.25) is 19.2 Å². The average Bonchev–Trinajstić information content (AvgIpc) is 3.32. The van der Waals surface area contributed by atoms with E-state index in [1.807, 2.05) is 12.1 Å². The molecule has 0 aliphatic heterocycles. The van der Waals surface area contributed by atoms with Crippen LogP contribution >= 0.6 is 24.0 Å². The van der Waals surface area contributed by atoms with Crippen LogP contribution in [0.5, 0.6) is 63.2 Å². The van der Waals surface area contributed by atoms with Crippen molar-refractivity contribution >= 4 is 78.2 Å². The van der Waals surface area contributed by atoms with E-state index in [0.29, 0.717) is 76.1 Å². The van der Waals surface area contributed by atoms with E-state index in [-0.39, 0.29) is 60.6 Å². The predicted molar refractivity (Wildman–Crippen MR) is 346 cm³/mol. The summed E-state index contributed by atoms with van der Waals surface area (Å²) < 4.78 is 55.4. The molecule has 0 amide bonds. The molecule has 0 aliphatic rings. The Balaban J connectivity index is 0. The number of alkyl halides is 1. The number of aldehydes is 2. The second-order valence-electron chi connectivity index (χ2n) is 16.9. The largest absolute Gasteiger partial charge is 0.504 e. The molecule has 0 saturated carbocycles. The summed E-state index contributed by atoms with van der Waals surface area (Å²) in [4.78, 5) is 63.5. The third-order valence-corrected chi connectivity index (χ3v) is 10.7. The molecule has 4 N–H and O–H groups in total. The summed E-state index contributed by atoms with van der Waals surface area (Å²) in [6, 6.07) is 30.2. The number of phenols is 3. The minimum Gasteiger partial charge on any atom is -0.504 e. The van der Waals surface area contributed by atoms with Crippen molar-refractivity contribution in [1.29, 1.82) is 0 Å². The normalized spacial score (nSPS) is 9.99. The lowest BCUT2D eigenvalue weighted by atomic mass is 10.1. The average molecular weight is 1300 g/mol. The molecule has 0 aromatic heterocycles. The van der Waals surface area contributed by atoms with Crippen molar-refractivity contribution in [1.82, 2.24) is 0 Å². The second-order valence-corrected chi connectivity index (χ2v) is 17.1. The Labute approximate surface area is 536 Å². The summed E-state index contributed by atoms with van der Waals surface area (Å²) in [6.45, 7) is 3.59.